The number of nitrogens with one attached hydrogen (secondary N) is 1. The smallest absolute Gasteiger partial charge is 0.0334 e. The summed E-state index contributed by atoms with van der Waals surface area (Å²) in [6, 6.07) is 2.96. The van der Waals surface area contributed by atoms with Crippen molar-refractivity contribution in [1.82, 2.24) is 10.2 Å². The van der Waals surface area contributed by atoms with Crippen LogP contribution in [0.4, 0.5) is 0 Å². The van der Waals surface area contributed by atoms with Gasteiger partial charge in [-0.3, -0.25) is 4.90 Å². The van der Waals surface area contributed by atoms with E-state index < -0.39 is 0 Å². The van der Waals surface area contributed by atoms with Crippen molar-refractivity contribution in [1.29, 1.82) is 0 Å². The highest BCUT2D eigenvalue weighted by molar-refractivity contribution is 7.07. The number of hydrogen-bond donors (Lipinski definition) is 1. The van der Waals surface area contributed by atoms with Crippen LogP contribution < -0.4 is 5.32 Å². The Morgan fingerprint density at radius 1 is 1.33 bits per heavy atom. The van der Waals surface area contributed by atoms with Crippen molar-refractivity contribution < 1.29 is 0 Å². The molecule has 1 saturated heterocycles. The highest BCUT2D eigenvalue weighted by atomic mass is 32.1. The number of rotatable bonds is 4. The molecule has 1 aromatic rings. The maximum Gasteiger partial charge on any atom is 0.0334 e. The standard InChI is InChI=1S/C18H30N2S/c1-15(2)17-12-20(10-6-16-7-11-21-13-16)18(14-19-17)8-4-3-5-9-18/h7,11,13,15,17,19H,3-6,8-10,12,14H2,1-2H3. The highest BCUT2D eigenvalue weighted by Gasteiger charge is 2.42. The first-order valence-electron chi connectivity index (χ1n) is 8.69. The molecule has 2 heterocycles. The summed E-state index contributed by atoms with van der Waals surface area (Å²) in [4.78, 5) is 2.85. The van der Waals surface area contributed by atoms with Crippen molar-refractivity contribution in [2.45, 2.75) is 64.0 Å². The van der Waals surface area contributed by atoms with Crippen LogP contribution in [0.1, 0.15) is 51.5 Å². The molecule has 2 aliphatic rings. The van der Waals surface area contributed by atoms with E-state index in [4.69, 9.17) is 0 Å². The molecule has 2 fully saturated rings. The van der Waals surface area contributed by atoms with Crippen LogP contribution in [0.3, 0.4) is 0 Å². The molecule has 0 amide bonds. The van der Waals surface area contributed by atoms with Crippen molar-refractivity contribution in [3.63, 3.8) is 0 Å². The van der Waals surface area contributed by atoms with E-state index >= 15 is 0 Å². The molecular weight excluding hydrogens is 276 g/mol. The first kappa shape index (κ1) is 15.5. The fraction of sp³-hybridized carbons (Fsp3) is 0.778. The summed E-state index contributed by atoms with van der Waals surface area (Å²) >= 11 is 1.83. The third-order valence-corrected chi connectivity index (χ3v) is 6.35. The Kier molecular flexibility index (Phi) is 5.03. The van der Waals surface area contributed by atoms with Gasteiger partial charge < -0.3 is 5.32 Å². The molecule has 0 aromatic carbocycles. The zero-order valence-corrected chi connectivity index (χ0v) is 14.4. The average molecular weight is 307 g/mol. The Morgan fingerprint density at radius 3 is 2.81 bits per heavy atom. The zero-order valence-electron chi connectivity index (χ0n) is 13.6. The molecule has 118 valence electrons. The predicted octanol–water partition coefficient (Wildman–Crippen LogP) is 3.92. The van der Waals surface area contributed by atoms with Crippen LogP contribution in [0.15, 0.2) is 16.8 Å². The molecular formula is C18H30N2S. The van der Waals surface area contributed by atoms with E-state index in [1.54, 1.807) is 0 Å². The van der Waals surface area contributed by atoms with Gasteiger partial charge in [-0.2, -0.15) is 11.3 Å². The molecule has 1 aliphatic carbocycles. The molecule has 0 radical (unpaired) electrons. The summed E-state index contributed by atoms with van der Waals surface area (Å²) < 4.78 is 0. The minimum atomic E-state index is 0.458. The van der Waals surface area contributed by atoms with Crippen molar-refractivity contribution >= 4 is 11.3 Å². The van der Waals surface area contributed by atoms with E-state index in [1.807, 2.05) is 11.3 Å². The lowest BCUT2D eigenvalue weighted by Crippen LogP contribution is -2.66. The maximum atomic E-state index is 3.86. The Morgan fingerprint density at radius 2 is 2.14 bits per heavy atom. The summed E-state index contributed by atoms with van der Waals surface area (Å²) in [6.07, 6.45) is 8.29. The van der Waals surface area contributed by atoms with E-state index in [1.165, 1.54) is 63.7 Å². The average Bonchev–Trinajstić information content (AvgIpc) is 3.00. The van der Waals surface area contributed by atoms with E-state index in [0.717, 1.165) is 5.92 Å². The van der Waals surface area contributed by atoms with Gasteiger partial charge in [0.05, 0.1) is 0 Å². The molecule has 1 aliphatic heterocycles. The Bertz CT molecular complexity index is 420. The largest absolute Gasteiger partial charge is 0.311 e. The van der Waals surface area contributed by atoms with Crippen molar-refractivity contribution in [2.75, 3.05) is 19.6 Å². The lowest BCUT2D eigenvalue weighted by molar-refractivity contribution is 0.00306. The Balaban J connectivity index is 1.69. The van der Waals surface area contributed by atoms with Crippen molar-refractivity contribution in [2.24, 2.45) is 5.92 Å². The molecule has 0 bridgehead atoms. The Hall–Kier alpha value is -0.380. The number of hydrogen-bond acceptors (Lipinski definition) is 3. The normalized spacial score (nSPS) is 26.5. The maximum absolute atomic E-state index is 3.86. The number of piperazine rings is 1. The third-order valence-electron chi connectivity index (χ3n) is 5.62. The topological polar surface area (TPSA) is 15.3 Å². The van der Waals surface area contributed by atoms with Gasteiger partial charge in [-0.25, -0.2) is 0 Å². The van der Waals surface area contributed by atoms with E-state index in [-0.39, 0.29) is 0 Å². The predicted molar refractivity (Wildman–Crippen MR) is 92.0 cm³/mol. The van der Waals surface area contributed by atoms with Gasteiger partial charge in [0.25, 0.3) is 0 Å². The van der Waals surface area contributed by atoms with Crippen LogP contribution in [0.25, 0.3) is 0 Å². The third kappa shape index (κ3) is 3.52. The van der Waals surface area contributed by atoms with Crippen molar-refractivity contribution in [3.05, 3.63) is 22.4 Å². The molecule has 3 heteroatoms. The lowest BCUT2D eigenvalue weighted by atomic mass is 9.77. The summed E-state index contributed by atoms with van der Waals surface area (Å²) in [5.41, 5.74) is 1.98. The van der Waals surface area contributed by atoms with E-state index in [9.17, 15) is 0 Å². The Labute approximate surface area is 133 Å². The van der Waals surface area contributed by atoms with Gasteiger partial charge in [-0.15, -0.1) is 0 Å². The SMILES string of the molecule is CC(C)C1CN(CCc2ccsc2)C2(CCCCC2)CN1. The van der Waals surface area contributed by atoms with Gasteiger partial charge >= 0.3 is 0 Å². The molecule has 21 heavy (non-hydrogen) atoms. The van der Waals surface area contributed by atoms with Crippen LogP contribution >= 0.6 is 11.3 Å². The van der Waals surface area contributed by atoms with E-state index in [0.29, 0.717) is 11.6 Å². The summed E-state index contributed by atoms with van der Waals surface area (Å²) in [7, 11) is 0. The molecule has 1 aromatic heterocycles. The summed E-state index contributed by atoms with van der Waals surface area (Å²) in [5.74, 6) is 0.731. The summed E-state index contributed by atoms with van der Waals surface area (Å²) in [6.45, 7) is 8.39. The van der Waals surface area contributed by atoms with Gasteiger partial charge in [0, 0.05) is 31.2 Å². The molecule has 1 saturated carbocycles. The number of nitrogens with zero attached hydrogens (tertiary/aromatic N) is 1. The molecule has 2 nitrogen and oxygen atoms in total. The number of thiophene rings is 1. The second kappa shape index (κ2) is 6.80. The molecule has 1 spiro atoms. The molecule has 1 atom stereocenters. The van der Waals surface area contributed by atoms with Gasteiger partial charge in [0.1, 0.15) is 0 Å². The molecule has 3 rings (SSSR count). The fourth-order valence-corrected chi connectivity index (χ4v) is 4.81. The molecule has 1 N–H and O–H groups in total. The van der Waals surface area contributed by atoms with Crippen LogP contribution in [-0.4, -0.2) is 36.1 Å². The van der Waals surface area contributed by atoms with Gasteiger partial charge in [0.15, 0.2) is 0 Å². The zero-order chi connectivity index (χ0) is 14.7. The molecule has 1 unspecified atom stereocenters. The van der Waals surface area contributed by atoms with Gasteiger partial charge in [-0.1, -0.05) is 33.1 Å². The van der Waals surface area contributed by atoms with Crippen molar-refractivity contribution in [3.8, 4) is 0 Å². The highest BCUT2D eigenvalue weighted by Crippen LogP contribution is 2.36. The van der Waals surface area contributed by atoms with E-state index in [2.05, 4.69) is 40.9 Å². The van der Waals surface area contributed by atoms with Crippen LogP contribution in [0.2, 0.25) is 0 Å². The van der Waals surface area contributed by atoms with Crippen LogP contribution in [0.5, 0.6) is 0 Å². The first-order chi connectivity index (χ1) is 10.2. The second-order valence-corrected chi connectivity index (χ2v) is 8.12. The fourth-order valence-electron chi connectivity index (χ4n) is 4.11. The second-order valence-electron chi connectivity index (χ2n) is 7.34. The van der Waals surface area contributed by atoms with Crippen LogP contribution in [-0.2, 0) is 6.42 Å². The summed E-state index contributed by atoms with van der Waals surface area (Å²) in [5, 5.41) is 8.39. The lowest BCUT2D eigenvalue weighted by Gasteiger charge is -2.53. The van der Waals surface area contributed by atoms with Gasteiger partial charge in [0.2, 0.25) is 0 Å². The van der Waals surface area contributed by atoms with Crippen LogP contribution in [0, 0.1) is 5.92 Å². The quantitative estimate of drug-likeness (QED) is 0.907. The monoisotopic (exact) mass is 306 g/mol. The first-order valence-corrected chi connectivity index (χ1v) is 9.63. The van der Waals surface area contributed by atoms with Gasteiger partial charge in [-0.05, 0) is 47.6 Å². The minimum Gasteiger partial charge on any atom is -0.311 e. The minimum absolute atomic E-state index is 0.458.